The molecule has 0 bridgehead atoms. The molecule has 0 radical (unpaired) electrons. The van der Waals surface area contributed by atoms with E-state index in [0.717, 1.165) is 12.8 Å². The van der Waals surface area contributed by atoms with E-state index in [2.05, 4.69) is 29.8 Å². The van der Waals surface area contributed by atoms with Crippen LogP contribution in [0.15, 0.2) is 17.5 Å². The molecule has 3 nitrogen and oxygen atoms in total. The first-order chi connectivity index (χ1) is 8.64. The molecule has 108 valence electrons. The third kappa shape index (κ3) is 4.79. The Morgan fingerprint density at radius 1 is 1.58 bits per heavy atom. The van der Waals surface area contributed by atoms with Gasteiger partial charge in [0.2, 0.25) is 5.91 Å². The molecule has 1 heterocycles. The maximum atomic E-state index is 11.9. The van der Waals surface area contributed by atoms with Crippen LogP contribution in [0.5, 0.6) is 0 Å². The van der Waals surface area contributed by atoms with Gasteiger partial charge in [-0.1, -0.05) is 6.07 Å². The number of thiophene rings is 1. The maximum absolute atomic E-state index is 11.9. The van der Waals surface area contributed by atoms with Gasteiger partial charge in [0.05, 0.1) is 5.54 Å². The van der Waals surface area contributed by atoms with Gasteiger partial charge in [0.15, 0.2) is 0 Å². The molecule has 5 heteroatoms. The van der Waals surface area contributed by atoms with Crippen LogP contribution in [0.1, 0.15) is 37.5 Å². The summed E-state index contributed by atoms with van der Waals surface area (Å²) in [5, 5.41) is 5.20. The van der Waals surface area contributed by atoms with E-state index in [4.69, 9.17) is 5.73 Å². The van der Waals surface area contributed by atoms with Gasteiger partial charge in [0.25, 0.3) is 0 Å². The first kappa shape index (κ1) is 16.5. The topological polar surface area (TPSA) is 55.1 Å². The Kier molecular flexibility index (Phi) is 6.30. The minimum atomic E-state index is -0.181. The van der Waals surface area contributed by atoms with Gasteiger partial charge in [-0.2, -0.15) is 0 Å². The van der Waals surface area contributed by atoms with Gasteiger partial charge < -0.3 is 11.1 Å². The van der Waals surface area contributed by atoms with Crippen molar-refractivity contribution in [1.82, 2.24) is 5.32 Å². The summed E-state index contributed by atoms with van der Waals surface area (Å²) in [4.78, 5) is 13.3. The van der Waals surface area contributed by atoms with E-state index in [1.807, 2.05) is 0 Å². The second kappa shape index (κ2) is 7.27. The molecule has 1 atom stereocenters. The van der Waals surface area contributed by atoms with Gasteiger partial charge in [-0.15, -0.1) is 23.7 Å². The van der Waals surface area contributed by atoms with E-state index in [9.17, 15) is 4.79 Å². The van der Waals surface area contributed by atoms with Crippen LogP contribution in [0.25, 0.3) is 0 Å². The first-order valence-corrected chi connectivity index (χ1v) is 7.55. The average molecular weight is 303 g/mol. The molecular weight excluding hydrogens is 280 g/mol. The normalized spacial score (nSPS) is 17.4. The van der Waals surface area contributed by atoms with Crippen LogP contribution >= 0.6 is 23.7 Å². The highest BCUT2D eigenvalue weighted by molar-refractivity contribution is 7.09. The number of aryl methyl sites for hydroxylation is 1. The Morgan fingerprint density at radius 2 is 2.32 bits per heavy atom. The number of nitrogens with two attached hydrogens (primary N) is 1. The summed E-state index contributed by atoms with van der Waals surface area (Å²) in [6.45, 7) is 2.61. The van der Waals surface area contributed by atoms with Crippen LogP contribution in [0, 0.1) is 5.92 Å². The van der Waals surface area contributed by atoms with E-state index >= 15 is 0 Å². The number of carbonyl (C=O) groups is 1. The summed E-state index contributed by atoms with van der Waals surface area (Å²) in [6.07, 6.45) is 4.90. The zero-order chi connectivity index (χ0) is 13.0. The molecule has 1 saturated carbocycles. The zero-order valence-electron chi connectivity index (χ0n) is 11.4. The Hall–Kier alpha value is -0.580. The van der Waals surface area contributed by atoms with Gasteiger partial charge >= 0.3 is 0 Å². The molecule has 0 saturated heterocycles. The lowest BCUT2D eigenvalue weighted by molar-refractivity contribution is -0.123. The molecule has 0 aliphatic heterocycles. The predicted octanol–water partition coefficient (Wildman–Crippen LogP) is 2.74. The number of rotatable bonds is 7. The van der Waals surface area contributed by atoms with Crippen molar-refractivity contribution in [3.05, 3.63) is 22.4 Å². The second-order valence-corrected chi connectivity index (χ2v) is 6.41. The van der Waals surface area contributed by atoms with Gasteiger partial charge in [0.1, 0.15) is 0 Å². The summed E-state index contributed by atoms with van der Waals surface area (Å²) < 4.78 is 0. The summed E-state index contributed by atoms with van der Waals surface area (Å²) in [5.74, 6) is 0.732. The Balaban J connectivity index is 0.00000180. The summed E-state index contributed by atoms with van der Waals surface area (Å²) >= 11 is 1.76. The SMILES string of the molecule is CC(CN)(NC(=O)CCCc1cccs1)C1CC1.Cl. The number of nitrogens with one attached hydrogen (secondary N) is 1. The fourth-order valence-corrected chi connectivity index (χ4v) is 3.05. The monoisotopic (exact) mass is 302 g/mol. The van der Waals surface area contributed by atoms with E-state index in [0.29, 0.717) is 18.9 Å². The molecule has 1 fully saturated rings. The van der Waals surface area contributed by atoms with Crippen molar-refractivity contribution in [3.63, 3.8) is 0 Å². The summed E-state index contributed by atoms with van der Waals surface area (Å²) in [6, 6.07) is 4.18. The third-order valence-corrected chi connectivity index (χ3v) is 4.67. The van der Waals surface area contributed by atoms with Crippen molar-refractivity contribution in [2.24, 2.45) is 11.7 Å². The molecule has 1 aromatic rings. The van der Waals surface area contributed by atoms with Crippen molar-refractivity contribution >= 4 is 29.7 Å². The van der Waals surface area contributed by atoms with Gasteiger partial charge in [0, 0.05) is 17.8 Å². The minimum absolute atomic E-state index is 0. The Labute approximate surface area is 125 Å². The third-order valence-electron chi connectivity index (χ3n) is 3.73. The summed E-state index contributed by atoms with van der Waals surface area (Å²) in [7, 11) is 0. The lowest BCUT2D eigenvalue weighted by Crippen LogP contribution is -2.53. The van der Waals surface area contributed by atoms with Crippen molar-refractivity contribution < 1.29 is 4.79 Å². The Bertz CT molecular complexity index is 392. The van der Waals surface area contributed by atoms with Gasteiger partial charge in [-0.25, -0.2) is 0 Å². The lowest BCUT2D eigenvalue weighted by Gasteiger charge is -2.29. The van der Waals surface area contributed by atoms with Crippen LogP contribution in [0.4, 0.5) is 0 Å². The number of carbonyl (C=O) groups excluding carboxylic acids is 1. The summed E-state index contributed by atoms with van der Waals surface area (Å²) in [5.41, 5.74) is 5.61. The quantitative estimate of drug-likeness (QED) is 0.814. The van der Waals surface area contributed by atoms with E-state index < -0.39 is 0 Å². The smallest absolute Gasteiger partial charge is 0.220 e. The van der Waals surface area contributed by atoms with Crippen molar-refractivity contribution in [3.8, 4) is 0 Å². The van der Waals surface area contributed by atoms with Crippen LogP contribution < -0.4 is 11.1 Å². The van der Waals surface area contributed by atoms with E-state index in [-0.39, 0.29) is 23.9 Å². The van der Waals surface area contributed by atoms with Crippen LogP contribution in [-0.2, 0) is 11.2 Å². The van der Waals surface area contributed by atoms with E-state index in [1.54, 1.807) is 11.3 Å². The molecule has 1 aromatic heterocycles. The molecule has 2 rings (SSSR count). The molecule has 19 heavy (non-hydrogen) atoms. The largest absolute Gasteiger partial charge is 0.349 e. The Morgan fingerprint density at radius 3 is 2.84 bits per heavy atom. The maximum Gasteiger partial charge on any atom is 0.220 e. The number of halogens is 1. The van der Waals surface area contributed by atoms with Crippen LogP contribution in [0.3, 0.4) is 0 Å². The van der Waals surface area contributed by atoms with Crippen LogP contribution in [-0.4, -0.2) is 18.0 Å². The van der Waals surface area contributed by atoms with E-state index in [1.165, 1.54) is 17.7 Å². The molecule has 1 amide bonds. The second-order valence-electron chi connectivity index (χ2n) is 5.38. The highest BCUT2D eigenvalue weighted by atomic mass is 35.5. The standard InChI is InChI=1S/C14H22N2OS.ClH/c1-14(10-15,11-7-8-11)16-13(17)6-2-4-12-5-3-9-18-12;/h3,5,9,11H,2,4,6-8,10,15H2,1H3,(H,16,17);1H. The highest BCUT2D eigenvalue weighted by Gasteiger charge is 2.41. The average Bonchev–Trinajstić information content (AvgIpc) is 3.09. The zero-order valence-corrected chi connectivity index (χ0v) is 13.0. The molecule has 3 N–H and O–H groups in total. The van der Waals surface area contributed by atoms with Gasteiger partial charge in [-0.05, 0) is 50.0 Å². The highest BCUT2D eigenvalue weighted by Crippen LogP contribution is 2.39. The molecule has 0 aromatic carbocycles. The van der Waals surface area contributed by atoms with Crippen molar-refractivity contribution in [1.29, 1.82) is 0 Å². The van der Waals surface area contributed by atoms with Crippen molar-refractivity contribution in [2.45, 2.75) is 44.6 Å². The lowest BCUT2D eigenvalue weighted by atomic mass is 9.95. The van der Waals surface area contributed by atoms with Crippen molar-refractivity contribution in [2.75, 3.05) is 6.54 Å². The molecule has 1 aliphatic rings. The number of amides is 1. The fraction of sp³-hybridized carbons (Fsp3) is 0.643. The first-order valence-electron chi connectivity index (χ1n) is 6.67. The molecular formula is C14H23ClN2OS. The minimum Gasteiger partial charge on any atom is -0.349 e. The van der Waals surface area contributed by atoms with Gasteiger partial charge in [-0.3, -0.25) is 4.79 Å². The predicted molar refractivity (Wildman–Crippen MR) is 82.8 cm³/mol. The van der Waals surface area contributed by atoms with Crippen LogP contribution in [0.2, 0.25) is 0 Å². The number of hydrogen-bond acceptors (Lipinski definition) is 3. The molecule has 1 unspecified atom stereocenters. The molecule has 1 aliphatic carbocycles. The fourth-order valence-electron chi connectivity index (χ4n) is 2.30. The molecule has 0 spiro atoms. The number of hydrogen-bond donors (Lipinski definition) is 2.